The summed E-state index contributed by atoms with van der Waals surface area (Å²) < 4.78 is 0. The van der Waals surface area contributed by atoms with Crippen LogP contribution in [-0.2, 0) is 0 Å². The molecular formula is C11H23NOS. The second-order valence-electron chi connectivity index (χ2n) is 4.19. The van der Waals surface area contributed by atoms with Gasteiger partial charge in [0, 0.05) is 24.4 Å². The molecule has 3 heteroatoms. The Kier molecular flexibility index (Phi) is 5.90. The molecule has 1 aliphatic heterocycles. The third-order valence-electron chi connectivity index (χ3n) is 2.96. The predicted octanol–water partition coefficient (Wildman–Crippen LogP) is 1.97. The maximum Gasteiger partial charge on any atom is 0.0445 e. The van der Waals surface area contributed by atoms with Gasteiger partial charge in [-0.2, -0.15) is 11.8 Å². The Morgan fingerprint density at radius 1 is 1.50 bits per heavy atom. The van der Waals surface area contributed by atoms with E-state index in [9.17, 15) is 0 Å². The number of hydrogen-bond acceptors (Lipinski definition) is 3. The van der Waals surface area contributed by atoms with Gasteiger partial charge in [0.15, 0.2) is 0 Å². The molecule has 0 aliphatic carbocycles. The lowest BCUT2D eigenvalue weighted by molar-refractivity contribution is 0.220. The molecule has 0 aromatic carbocycles. The van der Waals surface area contributed by atoms with Gasteiger partial charge in [0.2, 0.25) is 0 Å². The summed E-state index contributed by atoms with van der Waals surface area (Å²) in [7, 11) is 2.18. The summed E-state index contributed by atoms with van der Waals surface area (Å²) in [4.78, 5) is 2.40. The van der Waals surface area contributed by atoms with Gasteiger partial charge in [0.1, 0.15) is 0 Å². The molecule has 2 nitrogen and oxygen atoms in total. The van der Waals surface area contributed by atoms with E-state index in [1.54, 1.807) is 0 Å². The van der Waals surface area contributed by atoms with Crippen molar-refractivity contribution in [2.75, 3.05) is 26.0 Å². The van der Waals surface area contributed by atoms with E-state index in [0.29, 0.717) is 12.6 Å². The van der Waals surface area contributed by atoms with Gasteiger partial charge in [0.25, 0.3) is 0 Å². The maximum atomic E-state index is 8.91. The van der Waals surface area contributed by atoms with Gasteiger partial charge in [-0.3, -0.25) is 0 Å². The minimum absolute atomic E-state index is 0.335. The van der Waals surface area contributed by atoms with Crippen LogP contribution in [0.3, 0.4) is 0 Å². The second kappa shape index (κ2) is 6.70. The van der Waals surface area contributed by atoms with E-state index in [1.165, 1.54) is 31.6 Å². The molecule has 84 valence electrons. The Morgan fingerprint density at radius 3 is 2.93 bits per heavy atom. The summed E-state index contributed by atoms with van der Waals surface area (Å²) in [6.45, 7) is 3.79. The Balaban J connectivity index is 2.17. The van der Waals surface area contributed by atoms with Gasteiger partial charge < -0.3 is 10.0 Å². The lowest BCUT2D eigenvalue weighted by Crippen LogP contribution is -2.25. The van der Waals surface area contributed by atoms with Crippen LogP contribution in [0.4, 0.5) is 0 Å². The van der Waals surface area contributed by atoms with Crippen LogP contribution in [0, 0.1) is 0 Å². The molecule has 0 spiro atoms. The van der Waals surface area contributed by atoms with E-state index in [2.05, 4.69) is 30.6 Å². The first-order valence-electron chi connectivity index (χ1n) is 5.70. The van der Waals surface area contributed by atoms with Gasteiger partial charge in [0.05, 0.1) is 0 Å². The number of aliphatic hydroxyl groups is 1. The average Bonchev–Trinajstić information content (AvgIpc) is 2.49. The highest BCUT2D eigenvalue weighted by atomic mass is 32.2. The molecule has 2 atom stereocenters. The minimum Gasteiger partial charge on any atom is -0.396 e. The van der Waals surface area contributed by atoms with E-state index in [1.807, 2.05) is 0 Å². The van der Waals surface area contributed by atoms with Crippen molar-refractivity contribution in [3.8, 4) is 0 Å². The number of rotatable bonds is 6. The fourth-order valence-corrected chi connectivity index (χ4v) is 3.52. The van der Waals surface area contributed by atoms with E-state index in [-0.39, 0.29) is 0 Å². The Bertz CT molecular complexity index is 154. The quantitative estimate of drug-likeness (QED) is 0.688. The van der Waals surface area contributed by atoms with Crippen molar-refractivity contribution >= 4 is 11.8 Å². The van der Waals surface area contributed by atoms with Crippen molar-refractivity contribution in [2.24, 2.45) is 0 Å². The highest BCUT2D eigenvalue weighted by Gasteiger charge is 2.28. The molecule has 0 saturated carbocycles. The van der Waals surface area contributed by atoms with Crippen molar-refractivity contribution in [2.45, 2.75) is 43.9 Å². The SMILES string of the molecule is CCCCSC1CC(CCO)N(C)C1. The number of nitrogens with zero attached hydrogens (tertiary/aromatic N) is 1. The fraction of sp³-hybridized carbons (Fsp3) is 1.00. The monoisotopic (exact) mass is 217 g/mol. The highest BCUT2D eigenvalue weighted by Crippen LogP contribution is 2.28. The Morgan fingerprint density at radius 2 is 2.29 bits per heavy atom. The number of likely N-dealkylation sites (tertiary alicyclic amines) is 1. The first kappa shape index (κ1) is 12.3. The van der Waals surface area contributed by atoms with Crippen LogP contribution in [0.5, 0.6) is 0 Å². The number of unbranched alkanes of at least 4 members (excludes halogenated alkanes) is 1. The third-order valence-corrected chi connectivity index (χ3v) is 4.30. The van der Waals surface area contributed by atoms with Gasteiger partial charge in [-0.25, -0.2) is 0 Å². The molecule has 0 amide bonds. The molecule has 1 heterocycles. The normalized spacial score (nSPS) is 28.5. The highest BCUT2D eigenvalue weighted by molar-refractivity contribution is 7.99. The summed E-state index contributed by atoms with van der Waals surface area (Å²) in [6, 6.07) is 0.624. The predicted molar refractivity (Wildman–Crippen MR) is 63.9 cm³/mol. The standard InChI is InChI=1S/C11H23NOS/c1-3-4-7-14-11-8-10(5-6-13)12(2)9-11/h10-11,13H,3-9H2,1-2H3. The van der Waals surface area contributed by atoms with Crippen molar-refractivity contribution in [3.63, 3.8) is 0 Å². The maximum absolute atomic E-state index is 8.91. The van der Waals surface area contributed by atoms with E-state index in [0.717, 1.165) is 11.7 Å². The van der Waals surface area contributed by atoms with Gasteiger partial charge >= 0.3 is 0 Å². The van der Waals surface area contributed by atoms with Crippen LogP contribution >= 0.6 is 11.8 Å². The van der Waals surface area contributed by atoms with Crippen LogP contribution < -0.4 is 0 Å². The van der Waals surface area contributed by atoms with Crippen molar-refractivity contribution in [1.82, 2.24) is 4.90 Å². The Hall–Kier alpha value is 0.270. The van der Waals surface area contributed by atoms with Crippen LogP contribution in [0.25, 0.3) is 0 Å². The smallest absolute Gasteiger partial charge is 0.0445 e. The van der Waals surface area contributed by atoms with Crippen LogP contribution in [-0.4, -0.2) is 47.3 Å². The fourth-order valence-electron chi connectivity index (χ4n) is 2.03. The topological polar surface area (TPSA) is 23.5 Å². The summed E-state index contributed by atoms with van der Waals surface area (Å²) >= 11 is 2.12. The summed E-state index contributed by atoms with van der Waals surface area (Å²) in [5, 5.41) is 9.72. The summed E-state index contributed by atoms with van der Waals surface area (Å²) in [5.74, 6) is 1.31. The van der Waals surface area contributed by atoms with E-state index >= 15 is 0 Å². The van der Waals surface area contributed by atoms with Crippen molar-refractivity contribution in [1.29, 1.82) is 0 Å². The van der Waals surface area contributed by atoms with E-state index in [4.69, 9.17) is 5.11 Å². The van der Waals surface area contributed by atoms with Crippen molar-refractivity contribution < 1.29 is 5.11 Å². The zero-order chi connectivity index (χ0) is 10.4. The van der Waals surface area contributed by atoms with Crippen LogP contribution in [0.1, 0.15) is 32.6 Å². The molecular weight excluding hydrogens is 194 g/mol. The summed E-state index contributed by atoms with van der Waals surface area (Å²) in [6.07, 6.45) is 4.86. The molecule has 1 saturated heterocycles. The average molecular weight is 217 g/mol. The van der Waals surface area contributed by atoms with Gasteiger partial charge in [-0.15, -0.1) is 0 Å². The van der Waals surface area contributed by atoms with Gasteiger partial charge in [-0.1, -0.05) is 13.3 Å². The first-order chi connectivity index (χ1) is 6.77. The molecule has 2 unspecified atom stereocenters. The first-order valence-corrected chi connectivity index (χ1v) is 6.75. The van der Waals surface area contributed by atoms with Crippen LogP contribution in [0.2, 0.25) is 0 Å². The molecule has 14 heavy (non-hydrogen) atoms. The lowest BCUT2D eigenvalue weighted by atomic mass is 10.1. The van der Waals surface area contributed by atoms with E-state index < -0.39 is 0 Å². The second-order valence-corrected chi connectivity index (χ2v) is 5.60. The van der Waals surface area contributed by atoms with Crippen LogP contribution in [0.15, 0.2) is 0 Å². The molecule has 1 aliphatic rings. The third kappa shape index (κ3) is 3.79. The zero-order valence-corrected chi connectivity index (χ0v) is 10.2. The number of thioether (sulfide) groups is 1. The molecule has 1 rings (SSSR count). The lowest BCUT2D eigenvalue weighted by Gasteiger charge is -2.17. The minimum atomic E-state index is 0.335. The summed E-state index contributed by atoms with van der Waals surface area (Å²) in [5.41, 5.74) is 0. The molecule has 0 aromatic heterocycles. The number of hydrogen-bond donors (Lipinski definition) is 1. The molecule has 0 aromatic rings. The zero-order valence-electron chi connectivity index (χ0n) is 9.41. The van der Waals surface area contributed by atoms with Crippen molar-refractivity contribution in [3.05, 3.63) is 0 Å². The number of aliphatic hydroxyl groups excluding tert-OH is 1. The van der Waals surface area contributed by atoms with Gasteiger partial charge in [-0.05, 0) is 32.1 Å². The largest absolute Gasteiger partial charge is 0.396 e. The molecule has 1 fully saturated rings. The molecule has 1 N–H and O–H groups in total. The molecule has 0 radical (unpaired) electrons. The molecule has 0 bridgehead atoms. The Labute approximate surface area is 92.1 Å².